The van der Waals surface area contributed by atoms with Crippen molar-refractivity contribution in [3.63, 3.8) is 0 Å². The van der Waals surface area contributed by atoms with Gasteiger partial charge in [0.1, 0.15) is 73.2 Å². The summed E-state index contributed by atoms with van der Waals surface area (Å²) in [5.74, 6) is 0. The SMILES string of the molecule is OC[C@H]1O[C@H](OC[C@H]2O[C@H](O)[C@@H](O)C(O[C@H]3O[C@H](CO)[C@@H](O)[C@H](O)[C@@H]3O)[C@@H]2O)[C@@H](O)[C@@H](O)[C@@H]1O. The van der Waals surface area contributed by atoms with E-state index >= 15 is 0 Å². The van der Waals surface area contributed by atoms with Crippen LogP contribution in [0.15, 0.2) is 0 Å². The third kappa shape index (κ3) is 5.52. The van der Waals surface area contributed by atoms with Crippen molar-refractivity contribution in [2.24, 2.45) is 0 Å². The first-order valence-electron chi connectivity index (χ1n) is 10.6. The van der Waals surface area contributed by atoms with E-state index in [2.05, 4.69) is 0 Å². The van der Waals surface area contributed by atoms with Crippen LogP contribution >= 0.6 is 0 Å². The van der Waals surface area contributed by atoms with Crippen LogP contribution in [0.2, 0.25) is 0 Å². The quantitative estimate of drug-likeness (QED) is 0.154. The first-order valence-corrected chi connectivity index (χ1v) is 10.6. The normalized spacial score (nSPS) is 52.5. The van der Waals surface area contributed by atoms with Gasteiger partial charge in [0.05, 0.1) is 19.8 Å². The standard InChI is InChI=1S/C18H32O16/c19-1-4-7(21)10(24)12(26)17(32-4)30-3-6-9(23)15(14(28)16(29)31-6)34-18-13(27)11(25)8(22)5(2-20)33-18/h4-29H,1-3H2/t4-,5-,6-,7-,8-,9-,10+,11+,12+,13+,14+,15?,16+,17+,18-/m1/s1. The van der Waals surface area contributed by atoms with E-state index in [4.69, 9.17) is 23.7 Å². The van der Waals surface area contributed by atoms with E-state index in [1.54, 1.807) is 0 Å². The zero-order chi connectivity index (χ0) is 25.3. The van der Waals surface area contributed by atoms with Crippen molar-refractivity contribution < 1.29 is 79.9 Å². The minimum Gasteiger partial charge on any atom is -0.394 e. The summed E-state index contributed by atoms with van der Waals surface area (Å²) < 4.78 is 26.1. The van der Waals surface area contributed by atoms with E-state index in [1.165, 1.54) is 0 Å². The van der Waals surface area contributed by atoms with Gasteiger partial charge in [-0.15, -0.1) is 0 Å². The predicted molar refractivity (Wildman–Crippen MR) is 101 cm³/mol. The summed E-state index contributed by atoms with van der Waals surface area (Å²) in [5.41, 5.74) is 0. The van der Waals surface area contributed by atoms with Crippen LogP contribution in [0.25, 0.3) is 0 Å². The van der Waals surface area contributed by atoms with Crippen LogP contribution in [0.1, 0.15) is 0 Å². The number of hydrogen-bond acceptors (Lipinski definition) is 16. The molecule has 3 saturated heterocycles. The van der Waals surface area contributed by atoms with E-state index in [9.17, 15) is 56.2 Å². The Bertz CT molecular complexity index is 637. The van der Waals surface area contributed by atoms with Gasteiger partial charge in [-0.1, -0.05) is 0 Å². The van der Waals surface area contributed by atoms with Gasteiger partial charge in [-0.05, 0) is 0 Å². The van der Waals surface area contributed by atoms with Gasteiger partial charge >= 0.3 is 0 Å². The predicted octanol–water partition coefficient (Wildman–Crippen LogP) is -7.57. The van der Waals surface area contributed by atoms with Crippen LogP contribution in [0, 0.1) is 0 Å². The number of aliphatic hydroxyl groups excluding tert-OH is 11. The minimum absolute atomic E-state index is 0.609. The fraction of sp³-hybridized carbons (Fsp3) is 1.00. The van der Waals surface area contributed by atoms with Gasteiger partial charge in [0.25, 0.3) is 0 Å². The molecule has 0 aromatic rings. The zero-order valence-electron chi connectivity index (χ0n) is 17.7. The Morgan fingerprint density at radius 3 is 1.53 bits per heavy atom. The van der Waals surface area contributed by atoms with Crippen LogP contribution in [-0.2, 0) is 23.7 Å². The second-order valence-corrected chi connectivity index (χ2v) is 8.37. The Hall–Kier alpha value is -0.640. The van der Waals surface area contributed by atoms with Gasteiger partial charge in [-0.25, -0.2) is 0 Å². The zero-order valence-corrected chi connectivity index (χ0v) is 17.7. The fourth-order valence-electron chi connectivity index (χ4n) is 3.94. The van der Waals surface area contributed by atoms with Crippen molar-refractivity contribution >= 4 is 0 Å². The number of rotatable bonds is 7. The first-order chi connectivity index (χ1) is 16.0. The van der Waals surface area contributed by atoms with E-state index in [-0.39, 0.29) is 0 Å². The molecule has 16 nitrogen and oxygen atoms in total. The molecular formula is C18H32O16. The second kappa shape index (κ2) is 11.6. The molecule has 15 atom stereocenters. The molecular weight excluding hydrogens is 472 g/mol. The molecule has 1 unspecified atom stereocenters. The largest absolute Gasteiger partial charge is 0.394 e. The Labute approximate surface area is 192 Å². The molecule has 11 N–H and O–H groups in total. The number of ether oxygens (including phenoxy) is 5. The summed E-state index contributed by atoms with van der Waals surface area (Å²) in [4.78, 5) is 0. The van der Waals surface area contributed by atoms with Gasteiger partial charge in [-0.2, -0.15) is 0 Å². The Morgan fingerprint density at radius 1 is 0.500 bits per heavy atom. The highest BCUT2D eigenvalue weighted by Crippen LogP contribution is 2.29. The van der Waals surface area contributed by atoms with Gasteiger partial charge in [-0.3, -0.25) is 0 Å². The lowest BCUT2D eigenvalue weighted by molar-refractivity contribution is -0.361. The highest BCUT2D eigenvalue weighted by Gasteiger charge is 2.51. The van der Waals surface area contributed by atoms with Gasteiger partial charge in [0.15, 0.2) is 18.9 Å². The van der Waals surface area contributed by atoms with E-state index < -0.39 is 112 Å². The van der Waals surface area contributed by atoms with Crippen molar-refractivity contribution in [3.8, 4) is 0 Å². The molecule has 0 aromatic carbocycles. The maximum Gasteiger partial charge on any atom is 0.187 e. The van der Waals surface area contributed by atoms with Gasteiger partial charge < -0.3 is 79.9 Å². The maximum absolute atomic E-state index is 10.6. The second-order valence-electron chi connectivity index (χ2n) is 8.37. The average molecular weight is 504 g/mol. The molecule has 3 heterocycles. The van der Waals surface area contributed by atoms with Crippen LogP contribution in [0.4, 0.5) is 0 Å². The molecule has 3 aliphatic heterocycles. The van der Waals surface area contributed by atoms with E-state index in [0.29, 0.717) is 0 Å². The molecule has 0 spiro atoms. The average Bonchev–Trinajstić information content (AvgIpc) is 2.82. The molecule has 0 bridgehead atoms. The molecule has 34 heavy (non-hydrogen) atoms. The third-order valence-electron chi connectivity index (χ3n) is 6.07. The van der Waals surface area contributed by atoms with E-state index in [1.807, 2.05) is 0 Å². The van der Waals surface area contributed by atoms with Crippen molar-refractivity contribution in [1.29, 1.82) is 0 Å². The number of aliphatic hydroxyl groups is 11. The molecule has 3 aliphatic rings. The van der Waals surface area contributed by atoms with Crippen LogP contribution in [0.3, 0.4) is 0 Å². The summed E-state index contributed by atoms with van der Waals surface area (Å²) in [6.45, 7) is -2.06. The van der Waals surface area contributed by atoms with Gasteiger partial charge in [0, 0.05) is 0 Å². The molecule has 16 heteroatoms. The number of hydrogen-bond donors (Lipinski definition) is 11. The Balaban J connectivity index is 1.65. The molecule has 0 aliphatic carbocycles. The lowest BCUT2D eigenvalue weighted by atomic mass is 9.97. The Morgan fingerprint density at radius 2 is 1.00 bits per heavy atom. The molecule has 3 fully saturated rings. The monoisotopic (exact) mass is 504 g/mol. The molecule has 0 amide bonds. The van der Waals surface area contributed by atoms with Gasteiger partial charge in [0.2, 0.25) is 0 Å². The lowest BCUT2D eigenvalue weighted by Gasteiger charge is -2.45. The molecule has 200 valence electrons. The summed E-state index contributed by atoms with van der Waals surface area (Å²) >= 11 is 0. The maximum atomic E-state index is 10.6. The van der Waals surface area contributed by atoms with Crippen molar-refractivity contribution in [1.82, 2.24) is 0 Å². The smallest absolute Gasteiger partial charge is 0.187 e. The highest BCUT2D eigenvalue weighted by molar-refractivity contribution is 4.94. The lowest BCUT2D eigenvalue weighted by Crippen LogP contribution is -2.65. The molecule has 3 rings (SSSR count). The summed E-state index contributed by atoms with van der Waals surface area (Å²) in [5, 5.41) is 109. The summed E-state index contributed by atoms with van der Waals surface area (Å²) in [7, 11) is 0. The fourth-order valence-corrected chi connectivity index (χ4v) is 3.94. The minimum atomic E-state index is -1.93. The first kappa shape index (κ1) is 27.9. The van der Waals surface area contributed by atoms with Crippen molar-refractivity contribution in [3.05, 3.63) is 0 Å². The Kier molecular flexibility index (Phi) is 9.54. The topological polar surface area (TPSA) is 269 Å². The molecule has 0 saturated carbocycles. The molecule has 0 aromatic heterocycles. The van der Waals surface area contributed by atoms with Crippen molar-refractivity contribution in [2.45, 2.75) is 92.1 Å². The van der Waals surface area contributed by atoms with Crippen LogP contribution < -0.4 is 0 Å². The third-order valence-corrected chi connectivity index (χ3v) is 6.07. The molecule has 0 radical (unpaired) electrons. The van der Waals surface area contributed by atoms with Crippen molar-refractivity contribution in [2.75, 3.05) is 19.8 Å². The summed E-state index contributed by atoms with van der Waals surface area (Å²) in [6.07, 6.45) is -24.9. The van der Waals surface area contributed by atoms with E-state index in [0.717, 1.165) is 0 Å². The highest BCUT2D eigenvalue weighted by atomic mass is 16.7. The van der Waals surface area contributed by atoms with Crippen LogP contribution in [-0.4, -0.2) is 168 Å². The summed E-state index contributed by atoms with van der Waals surface area (Å²) in [6, 6.07) is 0. The van der Waals surface area contributed by atoms with Crippen LogP contribution in [0.5, 0.6) is 0 Å².